The SMILES string of the molecule is CO[C@@H]([C@@H](C)[C@@H](O)[C@H](C)[C@@H](O)/C(C)=C/C(C)=C/[C@@H](C)[C@@H]1C[C@](O)([C@H](C)COCc2ccccc2)[C@@H](O)C(=O)O1)[C@@H](C)/C=C/C=C/C=C/C(=O)O. The normalized spacial score (nSPS) is 25.6. The zero-order chi connectivity index (χ0) is 37.6. The van der Waals surface area contributed by atoms with Gasteiger partial charge in [0.2, 0.25) is 0 Å². The van der Waals surface area contributed by atoms with Gasteiger partial charge in [-0.05, 0) is 25.0 Å². The second kappa shape index (κ2) is 20.5. The third-order valence-electron chi connectivity index (χ3n) is 9.73. The first kappa shape index (κ1) is 42.8. The fourth-order valence-electron chi connectivity index (χ4n) is 6.54. The summed E-state index contributed by atoms with van der Waals surface area (Å²) in [5.74, 6) is -3.70. The molecular formula is C40H58O10. The van der Waals surface area contributed by atoms with E-state index < -0.39 is 53.8 Å². The van der Waals surface area contributed by atoms with Gasteiger partial charge in [0, 0.05) is 49.2 Å². The maximum absolute atomic E-state index is 12.7. The first-order valence-electron chi connectivity index (χ1n) is 17.3. The molecule has 0 bridgehead atoms. The number of carbonyl (C=O) groups is 2. The Morgan fingerprint density at radius 1 is 1.02 bits per heavy atom. The fourth-order valence-corrected chi connectivity index (χ4v) is 6.54. The number of carboxylic acids is 1. The van der Waals surface area contributed by atoms with Crippen molar-refractivity contribution in [1.82, 2.24) is 0 Å². The number of aliphatic hydroxyl groups excluding tert-OH is 3. The van der Waals surface area contributed by atoms with Gasteiger partial charge in [0.15, 0.2) is 6.10 Å². The molecule has 278 valence electrons. The summed E-state index contributed by atoms with van der Waals surface area (Å²) in [5.41, 5.74) is 0.683. The molecule has 2 rings (SSSR count). The molecule has 1 fully saturated rings. The Balaban J connectivity index is 2.06. The number of allylic oxidation sites excluding steroid dienone is 6. The molecule has 5 N–H and O–H groups in total. The summed E-state index contributed by atoms with van der Waals surface area (Å²) in [6.45, 7) is 13.4. The highest BCUT2D eigenvalue weighted by Gasteiger charge is 2.52. The van der Waals surface area contributed by atoms with Crippen LogP contribution >= 0.6 is 0 Å². The van der Waals surface area contributed by atoms with Gasteiger partial charge in [0.25, 0.3) is 0 Å². The van der Waals surface area contributed by atoms with Crippen LogP contribution in [-0.2, 0) is 30.4 Å². The lowest BCUT2D eigenvalue weighted by Gasteiger charge is -2.44. The summed E-state index contributed by atoms with van der Waals surface area (Å²) in [4.78, 5) is 23.3. The van der Waals surface area contributed by atoms with Crippen molar-refractivity contribution in [3.8, 4) is 0 Å². The van der Waals surface area contributed by atoms with Gasteiger partial charge in [-0.1, -0.05) is 113 Å². The molecule has 1 heterocycles. The van der Waals surface area contributed by atoms with E-state index in [1.807, 2.05) is 76.3 Å². The minimum absolute atomic E-state index is 0.0273. The van der Waals surface area contributed by atoms with Crippen LogP contribution < -0.4 is 0 Å². The molecule has 1 aliphatic heterocycles. The van der Waals surface area contributed by atoms with E-state index in [9.17, 15) is 30.0 Å². The van der Waals surface area contributed by atoms with Crippen molar-refractivity contribution in [2.45, 2.75) is 97.6 Å². The average Bonchev–Trinajstić information content (AvgIpc) is 3.07. The summed E-state index contributed by atoms with van der Waals surface area (Å²) in [6, 6.07) is 9.60. The van der Waals surface area contributed by atoms with Crippen molar-refractivity contribution in [2.75, 3.05) is 13.7 Å². The fraction of sp³-hybridized carbons (Fsp3) is 0.550. The van der Waals surface area contributed by atoms with Gasteiger partial charge in [-0.15, -0.1) is 0 Å². The van der Waals surface area contributed by atoms with Crippen molar-refractivity contribution in [3.63, 3.8) is 0 Å². The van der Waals surface area contributed by atoms with Crippen molar-refractivity contribution in [2.24, 2.45) is 29.6 Å². The molecule has 1 aromatic rings. The van der Waals surface area contributed by atoms with Crippen molar-refractivity contribution in [1.29, 1.82) is 0 Å². The topological polar surface area (TPSA) is 163 Å². The molecule has 0 spiro atoms. The van der Waals surface area contributed by atoms with E-state index in [0.29, 0.717) is 12.2 Å². The zero-order valence-corrected chi connectivity index (χ0v) is 30.7. The van der Waals surface area contributed by atoms with Gasteiger partial charge in [-0.3, -0.25) is 0 Å². The molecule has 1 aromatic carbocycles. The highest BCUT2D eigenvalue weighted by Crippen LogP contribution is 2.36. The van der Waals surface area contributed by atoms with E-state index in [-0.39, 0.29) is 36.9 Å². The Morgan fingerprint density at radius 2 is 1.66 bits per heavy atom. The number of hydrogen-bond acceptors (Lipinski definition) is 9. The smallest absolute Gasteiger partial charge is 0.338 e. The number of benzene rings is 1. The van der Waals surface area contributed by atoms with Crippen molar-refractivity contribution >= 4 is 11.9 Å². The predicted octanol–water partition coefficient (Wildman–Crippen LogP) is 5.17. The quantitative estimate of drug-likeness (QED) is 0.0740. The number of aliphatic hydroxyl groups is 4. The van der Waals surface area contributed by atoms with E-state index in [0.717, 1.165) is 17.2 Å². The number of ether oxygens (including phenoxy) is 3. The molecule has 0 radical (unpaired) electrons. The van der Waals surface area contributed by atoms with Gasteiger partial charge in [0.05, 0.1) is 31.5 Å². The van der Waals surface area contributed by atoms with E-state index in [1.54, 1.807) is 46.1 Å². The van der Waals surface area contributed by atoms with E-state index in [2.05, 4.69) is 0 Å². The number of cyclic esters (lactones) is 1. The average molecular weight is 699 g/mol. The van der Waals surface area contributed by atoms with Gasteiger partial charge in [-0.2, -0.15) is 0 Å². The summed E-state index contributed by atoms with van der Waals surface area (Å²) in [5, 5.41) is 53.3. The molecule has 0 amide bonds. The lowest BCUT2D eigenvalue weighted by Crippen LogP contribution is -2.60. The van der Waals surface area contributed by atoms with E-state index in [1.165, 1.54) is 6.08 Å². The Morgan fingerprint density at radius 3 is 2.28 bits per heavy atom. The van der Waals surface area contributed by atoms with Crippen LogP contribution in [0.3, 0.4) is 0 Å². The molecule has 11 atom stereocenters. The minimum Gasteiger partial charge on any atom is -0.478 e. The Hall–Kier alpha value is -3.38. The second-order valence-electron chi connectivity index (χ2n) is 13.8. The number of rotatable bonds is 19. The van der Waals surface area contributed by atoms with Gasteiger partial charge < -0.3 is 39.7 Å². The number of hydrogen-bond donors (Lipinski definition) is 5. The van der Waals surface area contributed by atoms with E-state index >= 15 is 0 Å². The number of aliphatic carboxylic acids is 1. The number of esters is 1. The lowest BCUT2D eigenvalue weighted by atomic mass is 9.75. The number of methoxy groups -OCH3 is 1. The summed E-state index contributed by atoms with van der Waals surface area (Å²) in [6.07, 6.45) is 8.66. The first-order chi connectivity index (χ1) is 23.5. The summed E-state index contributed by atoms with van der Waals surface area (Å²) >= 11 is 0. The van der Waals surface area contributed by atoms with Crippen LogP contribution in [-0.4, -0.2) is 87.3 Å². The second-order valence-corrected chi connectivity index (χ2v) is 13.8. The molecule has 1 aliphatic rings. The minimum atomic E-state index is -1.74. The largest absolute Gasteiger partial charge is 0.478 e. The van der Waals surface area contributed by atoms with Crippen molar-refractivity contribution in [3.05, 3.63) is 95.6 Å². The standard InChI is InChI=1S/C40H58O10/c1-25(20-27(3)33-22-40(47,38(45)39(46)50-33)29(5)23-49-24-32-17-13-11-14-18-32)21-28(4)35(43)30(6)36(44)31(7)37(48-8)26(2)16-12-9-10-15-19-34(41)42/h9-21,26-27,29-31,33,35-38,43-45,47H,22-24H2,1-8H3,(H,41,42)/b10-9+,16-12+,19-15+,25-20+,28-21+/t26-,27+,29+,30+,31-,33-,35-,36-,37+,38-,40-/m0/s1. The highest BCUT2D eigenvalue weighted by molar-refractivity contribution is 5.80. The molecule has 0 aromatic heterocycles. The number of carbonyl (C=O) groups excluding carboxylic acids is 1. The third kappa shape index (κ3) is 12.4. The summed E-state index contributed by atoms with van der Waals surface area (Å²) in [7, 11) is 1.58. The number of carboxylic acid groups (broad SMARTS) is 1. The molecule has 10 heteroatoms. The maximum Gasteiger partial charge on any atom is 0.338 e. The molecular weight excluding hydrogens is 640 g/mol. The van der Waals surface area contributed by atoms with Crippen LogP contribution in [0.1, 0.15) is 60.5 Å². The molecule has 50 heavy (non-hydrogen) atoms. The van der Waals surface area contributed by atoms with Gasteiger partial charge in [0.1, 0.15) is 11.7 Å². The van der Waals surface area contributed by atoms with Crippen LogP contribution in [0.15, 0.2) is 90.1 Å². The zero-order valence-electron chi connectivity index (χ0n) is 30.7. The molecule has 1 saturated heterocycles. The van der Waals surface area contributed by atoms with E-state index in [4.69, 9.17) is 19.3 Å². The predicted molar refractivity (Wildman–Crippen MR) is 193 cm³/mol. The first-order valence-corrected chi connectivity index (χ1v) is 17.3. The lowest BCUT2D eigenvalue weighted by molar-refractivity contribution is -0.215. The third-order valence-corrected chi connectivity index (χ3v) is 9.73. The van der Waals surface area contributed by atoms with Crippen LogP contribution in [0, 0.1) is 29.6 Å². The van der Waals surface area contributed by atoms with Gasteiger partial charge in [-0.25, -0.2) is 9.59 Å². The van der Waals surface area contributed by atoms with Gasteiger partial charge >= 0.3 is 11.9 Å². The van der Waals surface area contributed by atoms with Crippen molar-refractivity contribution < 1.29 is 49.3 Å². The van der Waals surface area contributed by atoms with Crippen LogP contribution in [0.2, 0.25) is 0 Å². The maximum atomic E-state index is 12.7. The molecule has 0 unspecified atom stereocenters. The Bertz CT molecular complexity index is 1370. The van der Waals surface area contributed by atoms with Crippen LogP contribution in [0.25, 0.3) is 0 Å². The Kier molecular flexibility index (Phi) is 17.5. The van der Waals surface area contributed by atoms with Crippen LogP contribution in [0.5, 0.6) is 0 Å². The molecule has 0 aliphatic carbocycles. The highest BCUT2D eigenvalue weighted by atomic mass is 16.6. The monoisotopic (exact) mass is 698 g/mol. The molecule has 0 saturated carbocycles. The van der Waals surface area contributed by atoms with Crippen LogP contribution in [0.4, 0.5) is 0 Å². The molecule has 10 nitrogen and oxygen atoms in total. The summed E-state index contributed by atoms with van der Waals surface area (Å²) < 4.78 is 17.1. The Labute approximate surface area is 297 Å².